The number of nitrogens with one attached hydrogen (secondary N) is 3. The third-order valence-corrected chi connectivity index (χ3v) is 5.23. The van der Waals surface area contributed by atoms with Crippen LogP contribution in [0.25, 0.3) is 21.9 Å². The van der Waals surface area contributed by atoms with Crippen molar-refractivity contribution in [3.05, 3.63) is 58.9 Å². The van der Waals surface area contributed by atoms with Crippen molar-refractivity contribution in [2.24, 2.45) is 0 Å². The lowest BCUT2D eigenvalue weighted by atomic mass is 10.2. The average molecular weight is 393 g/mol. The number of anilines is 1. The van der Waals surface area contributed by atoms with E-state index in [1.807, 2.05) is 42.5 Å². The Balaban J connectivity index is 1.23. The Labute approximate surface area is 165 Å². The van der Waals surface area contributed by atoms with Crippen LogP contribution in [-0.2, 0) is 4.79 Å². The van der Waals surface area contributed by atoms with Crippen LogP contribution in [0.1, 0.15) is 19.3 Å². The summed E-state index contributed by atoms with van der Waals surface area (Å²) in [5, 5.41) is 3.99. The average Bonchev–Trinajstić information content (AvgIpc) is 3.10. The largest absolute Gasteiger partial charge is 0.324 e. The van der Waals surface area contributed by atoms with Gasteiger partial charge in [-0.3, -0.25) is 14.9 Å². The normalized spacial score (nSPS) is 11.1. The summed E-state index contributed by atoms with van der Waals surface area (Å²) in [5.74, 6) is 1.18. The fourth-order valence-corrected chi connectivity index (χ4v) is 3.77. The molecule has 0 spiro atoms. The fraction of sp³-hybridized carbons (Fsp3) is 0.200. The van der Waals surface area contributed by atoms with Crippen LogP contribution in [0, 0.1) is 0 Å². The number of H-pyrrole nitrogens is 2. The van der Waals surface area contributed by atoms with E-state index < -0.39 is 0 Å². The van der Waals surface area contributed by atoms with Crippen molar-refractivity contribution >= 4 is 45.6 Å². The van der Waals surface area contributed by atoms with Crippen LogP contribution >= 0.6 is 11.8 Å². The lowest BCUT2D eigenvalue weighted by molar-refractivity contribution is -0.116. The van der Waals surface area contributed by atoms with Crippen LogP contribution in [0.5, 0.6) is 0 Å². The molecule has 0 radical (unpaired) electrons. The molecule has 0 saturated heterocycles. The van der Waals surface area contributed by atoms with Crippen LogP contribution in [0.3, 0.4) is 0 Å². The summed E-state index contributed by atoms with van der Waals surface area (Å²) in [4.78, 5) is 38.8. The molecule has 1 amide bonds. The molecule has 0 unspecified atom stereocenters. The van der Waals surface area contributed by atoms with E-state index >= 15 is 0 Å². The number of amides is 1. The molecule has 0 aliphatic carbocycles. The summed E-state index contributed by atoms with van der Waals surface area (Å²) < 4.78 is 0. The van der Waals surface area contributed by atoms with Crippen LogP contribution in [0.4, 0.5) is 5.95 Å². The van der Waals surface area contributed by atoms with Crippen LogP contribution in [0.15, 0.2) is 58.5 Å². The molecule has 7 nitrogen and oxygen atoms in total. The molecule has 28 heavy (non-hydrogen) atoms. The molecule has 2 aromatic carbocycles. The van der Waals surface area contributed by atoms with Gasteiger partial charge in [-0.05, 0) is 37.1 Å². The van der Waals surface area contributed by atoms with Gasteiger partial charge in [0.25, 0.3) is 5.56 Å². The molecule has 3 N–H and O–H groups in total. The highest BCUT2D eigenvalue weighted by Gasteiger charge is 2.07. The predicted octanol–water partition coefficient (Wildman–Crippen LogP) is 3.70. The maximum Gasteiger partial charge on any atom is 0.259 e. The van der Waals surface area contributed by atoms with Gasteiger partial charge in [0.15, 0.2) is 5.16 Å². The molecular weight excluding hydrogens is 374 g/mol. The Morgan fingerprint density at radius 3 is 2.61 bits per heavy atom. The maximum atomic E-state index is 12.1. The lowest BCUT2D eigenvalue weighted by Gasteiger charge is -2.03. The van der Waals surface area contributed by atoms with Gasteiger partial charge in [0, 0.05) is 12.2 Å². The molecule has 142 valence electrons. The number of unbranched alkanes of at least 4 members (excludes halogenated alkanes) is 1. The number of thioether (sulfide) groups is 1. The molecule has 0 atom stereocenters. The number of para-hydroxylation sites is 3. The maximum absolute atomic E-state index is 12.1. The van der Waals surface area contributed by atoms with Gasteiger partial charge in [0.2, 0.25) is 11.9 Å². The minimum atomic E-state index is -0.127. The second-order valence-electron chi connectivity index (χ2n) is 6.34. The van der Waals surface area contributed by atoms with Crippen LogP contribution in [0.2, 0.25) is 0 Å². The summed E-state index contributed by atoms with van der Waals surface area (Å²) in [7, 11) is 0. The first-order chi connectivity index (χ1) is 13.7. The van der Waals surface area contributed by atoms with Crippen molar-refractivity contribution < 1.29 is 4.79 Å². The number of benzene rings is 2. The SMILES string of the molecule is O=C(CCCCSc1nc2ccccc2c(=O)[nH]1)Nc1nc2ccccc2[nH]1. The minimum Gasteiger partial charge on any atom is -0.324 e. The third-order valence-electron chi connectivity index (χ3n) is 4.28. The molecule has 0 saturated carbocycles. The number of hydrogen-bond acceptors (Lipinski definition) is 5. The van der Waals surface area contributed by atoms with Crippen molar-refractivity contribution in [1.82, 2.24) is 19.9 Å². The second-order valence-corrected chi connectivity index (χ2v) is 7.43. The standard InChI is InChI=1S/C20H19N5O2S/c26-17(24-19-21-15-9-3-4-10-16(15)22-19)11-5-6-12-28-20-23-14-8-2-1-7-13(14)18(27)25-20/h1-4,7-10H,5-6,11-12H2,(H,23,25,27)(H2,21,22,24,26). The van der Waals surface area contributed by atoms with Crippen LogP contribution in [-0.4, -0.2) is 31.6 Å². The Morgan fingerprint density at radius 1 is 0.964 bits per heavy atom. The fourth-order valence-electron chi connectivity index (χ4n) is 2.90. The molecule has 0 bridgehead atoms. The van der Waals surface area contributed by atoms with E-state index in [2.05, 4.69) is 25.3 Å². The summed E-state index contributed by atoms with van der Waals surface area (Å²) >= 11 is 1.49. The van der Waals surface area contributed by atoms with E-state index in [1.165, 1.54) is 11.8 Å². The third kappa shape index (κ3) is 4.23. The quantitative estimate of drug-likeness (QED) is 0.252. The van der Waals surface area contributed by atoms with Gasteiger partial charge >= 0.3 is 0 Å². The van der Waals surface area contributed by atoms with Crippen molar-refractivity contribution in [3.63, 3.8) is 0 Å². The van der Waals surface area contributed by atoms with Crippen LogP contribution < -0.4 is 10.9 Å². The zero-order valence-corrected chi connectivity index (χ0v) is 15.9. The van der Waals surface area contributed by atoms with Crippen molar-refractivity contribution in [3.8, 4) is 0 Å². The number of aromatic nitrogens is 4. The van der Waals surface area contributed by atoms with Gasteiger partial charge in [-0.1, -0.05) is 36.0 Å². The molecule has 4 aromatic rings. The molecule has 2 heterocycles. The van der Waals surface area contributed by atoms with Gasteiger partial charge in [0.1, 0.15) is 0 Å². The molecular formula is C20H19N5O2S. The highest BCUT2D eigenvalue weighted by Crippen LogP contribution is 2.17. The van der Waals surface area contributed by atoms with Crippen molar-refractivity contribution in [1.29, 1.82) is 0 Å². The molecule has 0 fully saturated rings. The monoisotopic (exact) mass is 393 g/mol. The molecule has 0 aliphatic heterocycles. The number of rotatable bonds is 7. The van der Waals surface area contributed by atoms with Crippen molar-refractivity contribution in [2.75, 3.05) is 11.1 Å². The Bertz CT molecular complexity index is 1150. The van der Waals surface area contributed by atoms with Gasteiger partial charge in [-0.15, -0.1) is 0 Å². The summed E-state index contributed by atoms with van der Waals surface area (Å²) in [6, 6.07) is 14.9. The molecule has 8 heteroatoms. The van der Waals surface area contributed by atoms with E-state index in [4.69, 9.17) is 0 Å². The number of imidazole rings is 1. The van der Waals surface area contributed by atoms with Gasteiger partial charge in [-0.25, -0.2) is 9.97 Å². The number of carbonyl (C=O) groups excluding carboxylic acids is 1. The Hall–Kier alpha value is -3.13. The highest BCUT2D eigenvalue weighted by atomic mass is 32.2. The van der Waals surface area contributed by atoms with E-state index in [0.29, 0.717) is 28.4 Å². The Kier molecular flexibility index (Phi) is 5.38. The summed E-state index contributed by atoms with van der Waals surface area (Å²) in [5.41, 5.74) is 2.29. The topological polar surface area (TPSA) is 104 Å². The van der Waals surface area contributed by atoms with E-state index in [9.17, 15) is 9.59 Å². The number of hydrogen-bond donors (Lipinski definition) is 3. The number of fused-ring (bicyclic) bond motifs is 2. The number of aromatic amines is 2. The first-order valence-electron chi connectivity index (χ1n) is 9.05. The first kappa shape index (κ1) is 18.2. The first-order valence-corrected chi connectivity index (χ1v) is 10.0. The smallest absolute Gasteiger partial charge is 0.259 e. The number of carbonyl (C=O) groups is 1. The van der Waals surface area contributed by atoms with E-state index in [0.717, 1.165) is 29.6 Å². The van der Waals surface area contributed by atoms with E-state index in [1.54, 1.807) is 6.07 Å². The lowest BCUT2D eigenvalue weighted by Crippen LogP contribution is -2.12. The minimum absolute atomic E-state index is 0.0682. The molecule has 0 aliphatic rings. The molecule has 2 aromatic heterocycles. The van der Waals surface area contributed by atoms with Crippen molar-refractivity contribution in [2.45, 2.75) is 24.4 Å². The van der Waals surface area contributed by atoms with Gasteiger partial charge < -0.3 is 9.97 Å². The second kappa shape index (κ2) is 8.26. The predicted molar refractivity (Wildman–Crippen MR) is 112 cm³/mol. The summed E-state index contributed by atoms with van der Waals surface area (Å²) in [6.07, 6.45) is 2.00. The number of nitrogens with zero attached hydrogens (tertiary/aromatic N) is 2. The highest BCUT2D eigenvalue weighted by molar-refractivity contribution is 7.99. The van der Waals surface area contributed by atoms with Gasteiger partial charge in [-0.2, -0.15) is 0 Å². The zero-order chi connectivity index (χ0) is 19.3. The van der Waals surface area contributed by atoms with Gasteiger partial charge in [0.05, 0.1) is 21.9 Å². The summed E-state index contributed by atoms with van der Waals surface area (Å²) in [6.45, 7) is 0. The van der Waals surface area contributed by atoms with E-state index in [-0.39, 0.29) is 11.5 Å². The molecule has 4 rings (SSSR count). The zero-order valence-electron chi connectivity index (χ0n) is 15.1. The Morgan fingerprint density at radius 2 is 1.75 bits per heavy atom.